The van der Waals surface area contributed by atoms with Gasteiger partial charge in [-0.25, -0.2) is 9.18 Å². The first-order chi connectivity index (χ1) is 9.02. The quantitative estimate of drug-likeness (QED) is 0.889. The van der Waals surface area contributed by atoms with Crippen LogP contribution in [0.1, 0.15) is 25.3 Å². The van der Waals surface area contributed by atoms with E-state index < -0.39 is 5.60 Å². The second-order valence-corrected chi connectivity index (χ2v) is 5.20. The van der Waals surface area contributed by atoms with Crippen molar-refractivity contribution in [2.75, 3.05) is 13.1 Å². The maximum atomic E-state index is 13.1. The van der Waals surface area contributed by atoms with Crippen molar-refractivity contribution in [3.63, 3.8) is 0 Å². The van der Waals surface area contributed by atoms with Gasteiger partial charge in [0.15, 0.2) is 0 Å². The van der Waals surface area contributed by atoms with Crippen LogP contribution in [0, 0.1) is 5.82 Å². The van der Waals surface area contributed by atoms with E-state index in [4.69, 9.17) is 10.5 Å². The summed E-state index contributed by atoms with van der Waals surface area (Å²) in [6, 6.07) is 6.26. The molecule has 1 unspecified atom stereocenters. The minimum atomic E-state index is -0.482. The van der Waals surface area contributed by atoms with Crippen molar-refractivity contribution < 1.29 is 13.9 Å². The monoisotopic (exact) mass is 266 g/mol. The van der Waals surface area contributed by atoms with E-state index in [1.54, 1.807) is 17.0 Å². The third-order valence-electron chi connectivity index (χ3n) is 3.29. The van der Waals surface area contributed by atoms with Crippen molar-refractivity contribution in [3.05, 3.63) is 35.6 Å². The van der Waals surface area contributed by atoms with Gasteiger partial charge >= 0.3 is 6.09 Å². The number of ether oxygens (including phenoxy) is 1. The van der Waals surface area contributed by atoms with E-state index in [1.807, 2.05) is 6.92 Å². The first-order valence-electron chi connectivity index (χ1n) is 6.45. The molecule has 2 rings (SSSR count). The highest BCUT2D eigenvalue weighted by molar-refractivity contribution is 5.70. The van der Waals surface area contributed by atoms with Crippen molar-refractivity contribution in [2.45, 2.75) is 31.9 Å². The third kappa shape index (κ3) is 3.44. The van der Waals surface area contributed by atoms with E-state index in [0.29, 0.717) is 19.6 Å². The van der Waals surface area contributed by atoms with E-state index in [0.717, 1.165) is 18.4 Å². The average Bonchev–Trinajstić information content (AvgIpc) is 2.63. The maximum Gasteiger partial charge on any atom is 0.410 e. The maximum absolute atomic E-state index is 13.1. The Bertz CT molecular complexity index is 467. The second kappa shape index (κ2) is 5.57. The van der Waals surface area contributed by atoms with Gasteiger partial charge in [0.1, 0.15) is 11.4 Å². The van der Waals surface area contributed by atoms with Gasteiger partial charge in [0.05, 0.1) is 6.54 Å². The Labute approximate surface area is 112 Å². The summed E-state index contributed by atoms with van der Waals surface area (Å²) < 4.78 is 18.5. The minimum absolute atomic E-state index is 0.295. The molecule has 1 heterocycles. The van der Waals surface area contributed by atoms with E-state index in [9.17, 15) is 9.18 Å². The van der Waals surface area contributed by atoms with E-state index in [2.05, 4.69) is 0 Å². The number of carbonyl (C=O) groups excluding carboxylic acids is 1. The Morgan fingerprint density at radius 1 is 1.53 bits per heavy atom. The molecule has 1 fully saturated rings. The highest BCUT2D eigenvalue weighted by atomic mass is 19.1. The molecule has 0 aliphatic carbocycles. The number of carbonyl (C=O) groups is 1. The fourth-order valence-corrected chi connectivity index (χ4v) is 2.36. The number of cyclic esters (lactones) is 1. The molecule has 4 nitrogen and oxygen atoms in total. The van der Waals surface area contributed by atoms with Gasteiger partial charge in [-0.1, -0.05) is 12.1 Å². The van der Waals surface area contributed by atoms with Gasteiger partial charge in [-0.2, -0.15) is 0 Å². The Hall–Kier alpha value is -1.62. The number of nitrogens with zero attached hydrogens (tertiary/aromatic N) is 1. The van der Waals surface area contributed by atoms with Crippen LogP contribution in [-0.4, -0.2) is 29.7 Å². The van der Waals surface area contributed by atoms with Crippen molar-refractivity contribution in [2.24, 2.45) is 5.73 Å². The molecular weight excluding hydrogens is 247 g/mol. The van der Waals surface area contributed by atoms with Crippen molar-refractivity contribution in [3.8, 4) is 0 Å². The molecule has 0 aromatic heterocycles. The molecule has 1 saturated heterocycles. The molecule has 104 valence electrons. The van der Waals surface area contributed by atoms with Gasteiger partial charge in [-0.15, -0.1) is 0 Å². The van der Waals surface area contributed by atoms with Crippen LogP contribution < -0.4 is 5.73 Å². The van der Waals surface area contributed by atoms with Crippen LogP contribution in [0.3, 0.4) is 0 Å². The number of hydrogen-bond acceptors (Lipinski definition) is 3. The molecule has 19 heavy (non-hydrogen) atoms. The zero-order valence-corrected chi connectivity index (χ0v) is 11.1. The van der Waals surface area contributed by atoms with Gasteiger partial charge in [-0.3, -0.25) is 4.90 Å². The van der Waals surface area contributed by atoms with Crippen LogP contribution in [0.2, 0.25) is 0 Å². The fraction of sp³-hybridized carbons (Fsp3) is 0.500. The smallest absolute Gasteiger partial charge is 0.410 e. The summed E-state index contributed by atoms with van der Waals surface area (Å²) in [5, 5.41) is 0. The summed E-state index contributed by atoms with van der Waals surface area (Å²) in [5.74, 6) is -0.295. The molecule has 1 aromatic carbocycles. The summed E-state index contributed by atoms with van der Waals surface area (Å²) in [5.41, 5.74) is 5.76. The summed E-state index contributed by atoms with van der Waals surface area (Å²) in [6.45, 7) is 3.38. The summed E-state index contributed by atoms with van der Waals surface area (Å²) in [6.07, 6.45) is 1.22. The number of hydrogen-bond donors (Lipinski definition) is 1. The lowest BCUT2D eigenvalue weighted by atomic mass is 10.00. The topological polar surface area (TPSA) is 55.6 Å². The molecule has 0 spiro atoms. The molecule has 5 heteroatoms. The fourth-order valence-electron chi connectivity index (χ4n) is 2.36. The Balaban J connectivity index is 2.00. The predicted molar refractivity (Wildman–Crippen MR) is 70.0 cm³/mol. The molecule has 1 aliphatic heterocycles. The van der Waals surface area contributed by atoms with Crippen molar-refractivity contribution in [1.29, 1.82) is 0 Å². The number of halogens is 1. The molecule has 1 aliphatic rings. The summed E-state index contributed by atoms with van der Waals surface area (Å²) >= 11 is 0. The molecule has 0 saturated carbocycles. The van der Waals surface area contributed by atoms with Crippen LogP contribution >= 0.6 is 0 Å². The average molecular weight is 266 g/mol. The van der Waals surface area contributed by atoms with E-state index >= 15 is 0 Å². The molecule has 1 aromatic rings. The Morgan fingerprint density at radius 3 is 3.00 bits per heavy atom. The number of amides is 1. The SMILES string of the molecule is CC1(CCCN)CN(Cc2cccc(F)c2)C(=O)O1. The molecular formula is C14H19FN2O2. The third-order valence-corrected chi connectivity index (χ3v) is 3.29. The predicted octanol–water partition coefficient (Wildman–Crippen LogP) is 2.28. The normalized spacial score (nSPS) is 22.7. The molecule has 0 bridgehead atoms. The Morgan fingerprint density at radius 2 is 2.32 bits per heavy atom. The Kier molecular flexibility index (Phi) is 4.04. The highest BCUT2D eigenvalue weighted by Gasteiger charge is 2.40. The number of benzene rings is 1. The number of rotatable bonds is 5. The lowest BCUT2D eigenvalue weighted by Gasteiger charge is -2.21. The largest absolute Gasteiger partial charge is 0.441 e. The zero-order valence-electron chi connectivity index (χ0n) is 11.1. The second-order valence-electron chi connectivity index (χ2n) is 5.20. The van der Waals surface area contributed by atoms with Crippen LogP contribution in [0.15, 0.2) is 24.3 Å². The molecule has 2 N–H and O–H groups in total. The van der Waals surface area contributed by atoms with E-state index in [-0.39, 0.29) is 11.9 Å². The van der Waals surface area contributed by atoms with Crippen molar-refractivity contribution in [1.82, 2.24) is 4.90 Å². The van der Waals surface area contributed by atoms with Gasteiger partial charge in [0.2, 0.25) is 0 Å². The van der Waals surface area contributed by atoms with Crippen LogP contribution in [-0.2, 0) is 11.3 Å². The van der Waals surface area contributed by atoms with Crippen LogP contribution in [0.4, 0.5) is 9.18 Å². The first kappa shape index (κ1) is 13.8. The van der Waals surface area contributed by atoms with Gasteiger partial charge < -0.3 is 10.5 Å². The van der Waals surface area contributed by atoms with Crippen LogP contribution in [0.25, 0.3) is 0 Å². The van der Waals surface area contributed by atoms with Gasteiger partial charge in [0, 0.05) is 6.54 Å². The lowest BCUT2D eigenvalue weighted by Crippen LogP contribution is -2.31. The van der Waals surface area contributed by atoms with Gasteiger partial charge in [0.25, 0.3) is 0 Å². The van der Waals surface area contributed by atoms with Crippen LogP contribution in [0.5, 0.6) is 0 Å². The van der Waals surface area contributed by atoms with Crippen molar-refractivity contribution >= 4 is 6.09 Å². The summed E-state index contributed by atoms with van der Waals surface area (Å²) in [4.78, 5) is 13.4. The molecule has 0 radical (unpaired) electrons. The standard InChI is InChI=1S/C14H19FN2O2/c1-14(6-3-7-16)10-17(13(18)19-14)9-11-4-2-5-12(15)8-11/h2,4-5,8H,3,6-7,9-10,16H2,1H3. The highest BCUT2D eigenvalue weighted by Crippen LogP contribution is 2.28. The molecule has 1 atom stereocenters. The minimum Gasteiger partial charge on any atom is -0.441 e. The molecule has 1 amide bonds. The van der Waals surface area contributed by atoms with E-state index in [1.165, 1.54) is 12.1 Å². The number of nitrogens with two attached hydrogens (primary N) is 1. The zero-order chi connectivity index (χ0) is 13.9. The first-order valence-corrected chi connectivity index (χ1v) is 6.45. The summed E-state index contributed by atoms with van der Waals surface area (Å²) in [7, 11) is 0. The lowest BCUT2D eigenvalue weighted by molar-refractivity contribution is 0.0638. The van der Waals surface area contributed by atoms with Gasteiger partial charge in [-0.05, 0) is 44.0 Å².